The molecule has 0 fully saturated rings. The van der Waals surface area contributed by atoms with Crippen LogP contribution in [0.4, 0.5) is 32.2 Å². The quantitative estimate of drug-likeness (QED) is 0.576. The van der Waals surface area contributed by atoms with Crippen molar-refractivity contribution in [3.8, 4) is 11.8 Å². The minimum absolute atomic E-state index is 0.200. The van der Waals surface area contributed by atoms with E-state index < -0.39 is 62.5 Å². The first-order chi connectivity index (χ1) is 13.6. The van der Waals surface area contributed by atoms with Crippen LogP contribution in [0.5, 0.6) is 0 Å². The molecule has 0 saturated heterocycles. The predicted molar refractivity (Wildman–Crippen MR) is 92.1 cm³/mol. The van der Waals surface area contributed by atoms with Crippen molar-refractivity contribution in [1.82, 2.24) is 9.78 Å². The fourth-order valence-corrected chi connectivity index (χ4v) is 3.17. The summed E-state index contributed by atoms with van der Waals surface area (Å²) in [5.74, 6) is -3.14. The van der Waals surface area contributed by atoms with Gasteiger partial charge in [0.1, 0.15) is 17.3 Å². The molecule has 160 valence electrons. The number of anilines is 1. The highest BCUT2D eigenvalue weighted by Gasteiger charge is 2.43. The van der Waals surface area contributed by atoms with Gasteiger partial charge in [0.25, 0.3) is 0 Å². The summed E-state index contributed by atoms with van der Waals surface area (Å²) in [4.78, 5) is 24.0. The number of rotatable bonds is 2. The first-order valence-corrected chi connectivity index (χ1v) is 8.35. The Kier molecular flexibility index (Phi) is 6.11. The molecule has 0 radical (unpaired) electrons. The van der Waals surface area contributed by atoms with Gasteiger partial charge in [-0.15, -0.1) is 0 Å². The average molecular weight is 473 g/mol. The van der Waals surface area contributed by atoms with E-state index >= 15 is 0 Å². The van der Waals surface area contributed by atoms with Crippen molar-refractivity contribution in [2.75, 3.05) is 4.90 Å². The van der Waals surface area contributed by atoms with Gasteiger partial charge in [-0.2, -0.15) is 36.7 Å². The molecule has 0 N–H and O–H groups in total. The van der Waals surface area contributed by atoms with Crippen molar-refractivity contribution in [3.05, 3.63) is 39.0 Å². The van der Waals surface area contributed by atoms with E-state index in [9.17, 15) is 41.2 Å². The fourth-order valence-electron chi connectivity index (χ4n) is 2.52. The van der Waals surface area contributed by atoms with Crippen LogP contribution in [0.1, 0.15) is 30.7 Å². The molecule has 2 aromatic rings. The van der Waals surface area contributed by atoms with Crippen LogP contribution >= 0.6 is 23.2 Å². The molecule has 6 nitrogen and oxygen atoms in total. The summed E-state index contributed by atoms with van der Waals surface area (Å²) in [7, 11) is 0. The molecule has 0 bridgehead atoms. The van der Waals surface area contributed by atoms with Crippen LogP contribution in [0.3, 0.4) is 0 Å². The molecule has 0 atom stereocenters. The topological polar surface area (TPSA) is 79.0 Å². The zero-order valence-corrected chi connectivity index (χ0v) is 16.3. The van der Waals surface area contributed by atoms with Crippen LogP contribution in [0.25, 0.3) is 5.69 Å². The normalized spacial score (nSPS) is 11.9. The highest BCUT2D eigenvalue weighted by atomic mass is 35.5. The number of hydrogen-bond acceptors (Lipinski definition) is 4. The molecule has 1 aromatic heterocycles. The molecule has 0 aliphatic carbocycles. The number of nitriles is 1. The third-order valence-electron chi connectivity index (χ3n) is 3.64. The Labute approximate surface area is 174 Å². The maximum atomic E-state index is 13.4. The van der Waals surface area contributed by atoms with Crippen LogP contribution in [0, 0.1) is 11.3 Å². The summed E-state index contributed by atoms with van der Waals surface area (Å²) < 4.78 is 79.3. The van der Waals surface area contributed by atoms with Gasteiger partial charge < -0.3 is 0 Å². The molecule has 1 heterocycles. The van der Waals surface area contributed by atoms with Gasteiger partial charge in [-0.25, -0.2) is 9.58 Å². The standard InChI is InChI=1S/C16H8Cl2F6N4O2/c1-6(29)27(7(2)30)14-9(5-25)13(16(22,23)24)26-28(14)12-10(17)3-8(4-11(12)18)15(19,20)21/h3-4H,1-2H3. The molecule has 14 heteroatoms. The number of benzene rings is 1. The van der Waals surface area contributed by atoms with Gasteiger partial charge in [0.2, 0.25) is 11.8 Å². The van der Waals surface area contributed by atoms with E-state index in [1.165, 1.54) is 6.07 Å². The number of imide groups is 1. The van der Waals surface area contributed by atoms with Gasteiger partial charge in [0.05, 0.1) is 15.6 Å². The van der Waals surface area contributed by atoms with E-state index in [1.54, 1.807) is 0 Å². The summed E-state index contributed by atoms with van der Waals surface area (Å²) in [6.45, 7) is 1.65. The lowest BCUT2D eigenvalue weighted by Gasteiger charge is -2.20. The second-order valence-corrected chi connectivity index (χ2v) is 6.54. The Bertz CT molecular complexity index is 1050. The van der Waals surface area contributed by atoms with Crippen molar-refractivity contribution in [2.24, 2.45) is 0 Å². The minimum atomic E-state index is -5.21. The minimum Gasteiger partial charge on any atom is -0.274 e. The second-order valence-electron chi connectivity index (χ2n) is 5.73. The second kappa shape index (κ2) is 7.81. The predicted octanol–water partition coefficient (Wildman–Crippen LogP) is 4.99. The van der Waals surface area contributed by atoms with Crippen molar-refractivity contribution in [3.63, 3.8) is 0 Å². The molecule has 0 saturated carbocycles. The van der Waals surface area contributed by atoms with Gasteiger partial charge >= 0.3 is 12.4 Å². The maximum Gasteiger partial charge on any atom is 0.436 e. The number of alkyl halides is 6. The van der Waals surface area contributed by atoms with E-state index in [2.05, 4.69) is 5.10 Å². The summed E-state index contributed by atoms with van der Waals surface area (Å²) in [5, 5.41) is 10.9. The Morgan fingerprint density at radius 2 is 1.50 bits per heavy atom. The van der Waals surface area contributed by atoms with Crippen LogP contribution in [-0.4, -0.2) is 21.6 Å². The Balaban J connectivity index is 3.01. The van der Waals surface area contributed by atoms with Crippen molar-refractivity contribution >= 4 is 40.8 Å². The molecular weight excluding hydrogens is 465 g/mol. The lowest BCUT2D eigenvalue weighted by atomic mass is 10.2. The molecule has 0 unspecified atom stereocenters. The molecule has 1 aromatic carbocycles. The average Bonchev–Trinajstić information content (AvgIpc) is 2.92. The number of halogens is 8. The number of nitrogens with zero attached hydrogens (tertiary/aromatic N) is 4. The van der Waals surface area contributed by atoms with Crippen molar-refractivity contribution in [2.45, 2.75) is 26.2 Å². The van der Waals surface area contributed by atoms with Gasteiger partial charge in [-0.05, 0) is 12.1 Å². The molecule has 2 rings (SSSR count). The SMILES string of the molecule is CC(=O)N(C(C)=O)c1c(C#N)c(C(F)(F)F)nn1-c1c(Cl)cc(C(F)(F)F)cc1Cl. The molecule has 30 heavy (non-hydrogen) atoms. The lowest BCUT2D eigenvalue weighted by Crippen LogP contribution is -2.35. The third-order valence-corrected chi connectivity index (χ3v) is 4.22. The highest BCUT2D eigenvalue weighted by Crippen LogP contribution is 2.42. The highest BCUT2D eigenvalue weighted by molar-refractivity contribution is 6.38. The first kappa shape index (κ1) is 23.5. The van der Waals surface area contributed by atoms with Crippen LogP contribution in [0.15, 0.2) is 12.1 Å². The third kappa shape index (κ3) is 4.22. The number of amides is 2. The Morgan fingerprint density at radius 1 is 1.03 bits per heavy atom. The number of carbonyl (C=O) groups excluding carboxylic acids is 2. The van der Waals surface area contributed by atoms with Gasteiger partial charge in [-0.1, -0.05) is 23.2 Å². The summed E-state index contributed by atoms with van der Waals surface area (Å²) in [6, 6.07) is 1.96. The molecule has 0 aliphatic rings. The number of aromatic nitrogens is 2. The molecular formula is C16H8Cl2F6N4O2. The van der Waals surface area contributed by atoms with E-state index in [-0.39, 0.29) is 9.58 Å². The van der Waals surface area contributed by atoms with Crippen molar-refractivity contribution in [1.29, 1.82) is 5.26 Å². The molecule has 0 aliphatic heterocycles. The van der Waals surface area contributed by atoms with E-state index in [0.717, 1.165) is 13.8 Å². The first-order valence-electron chi connectivity index (χ1n) is 7.59. The Hall–Kier alpha value is -2.78. The smallest absolute Gasteiger partial charge is 0.274 e. The lowest BCUT2D eigenvalue weighted by molar-refractivity contribution is -0.141. The zero-order chi connectivity index (χ0) is 23.2. The fraction of sp³-hybridized carbons (Fsp3) is 0.250. The van der Waals surface area contributed by atoms with Crippen LogP contribution in [0.2, 0.25) is 10.0 Å². The summed E-state index contributed by atoms with van der Waals surface area (Å²) in [5.41, 5.74) is -5.01. The maximum absolute atomic E-state index is 13.4. The number of carbonyl (C=O) groups is 2. The molecule has 0 spiro atoms. The molecule has 2 amide bonds. The largest absolute Gasteiger partial charge is 0.436 e. The van der Waals surface area contributed by atoms with E-state index in [1.807, 2.05) is 0 Å². The van der Waals surface area contributed by atoms with Crippen molar-refractivity contribution < 1.29 is 35.9 Å². The van der Waals surface area contributed by atoms with Crippen LogP contribution < -0.4 is 4.90 Å². The zero-order valence-electron chi connectivity index (χ0n) is 14.8. The van der Waals surface area contributed by atoms with Gasteiger partial charge in [0, 0.05) is 13.8 Å². The number of hydrogen-bond donors (Lipinski definition) is 0. The van der Waals surface area contributed by atoms with Crippen LogP contribution in [-0.2, 0) is 21.9 Å². The monoisotopic (exact) mass is 472 g/mol. The summed E-state index contributed by atoms with van der Waals surface area (Å²) in [6.07, 6.45) is -10.1. The van der Waals surface area contributed by atoms with Gasteiger partial charge in [-0.3, -0.25) is 9.59 Å². The van der Waals surface area contributed by atoms with E-state index in [0.29, 0.717) is 12.1 Å². The van der Waals surface area contributed by atoms with E-state index in [4.69, 9.17) is 23.2 Å². The van der Waals surface area contributed by atoms with Gasteiger partial charge in [0.15, 0.2) is 11.5 Å². The summed E-state index contributed by atoms with van der Waals surface area (Å²) >= 11 is 11.7. The Morgan fingerprint density at radius 3 is 1.83 bits per heavy atom.